The Kier molecular flexibility index (Phi) is 4.09. The summed E-state index contributed by atoms with van der Waals surface area (Å²) < 4.78 is 0. The maximum absolute atomic E-state index is 3.72. The molecular weight excluding hydrogens is 202 g/mol. The Hall–Kier alpha value is -0.470. The van der Waals surface area contributed by atoms with Crippen molar-refractivity contribution < 1.29 is 0 Å². The Morgan fingerprint density at radius 3 is 2.53 bits per heavy atom. The highest BCUT2D eigenvalue weighted by molar-refractivity contribution is 7.99. The first-order chi connectivity index (χ1) is 7.36. The molecule has 1 saturated heterocycles. The molecule has 0 spiro atoms. The molecule has 0 radical (unpaired) electrons. The quantitative estimate of drug-likeness (QED) is 0.841. The van der Waals surface area contributed by atoms with Gasteiger partial charge in [0.05, 0.1) is 0 Å². The van der Waals surface area contributed by atoms with Crippen LogP contribution in [-0.4, -0.2) is 17.5 Å². The number of benzene rings is 1. The highest BCUT2D eigenvalue weighted by Crippen LogP contribution is 2.20. The second-order valence-electron chi connectivity index (χ2n) is 4.19. The van der Waals surface area contributed by atoms with Gasteiger partial charge in [-0.25, -0.2) is 0 Å². The average Bonchev–Trinajstić information content (AvgIpc) is 2.31. The number of nitrogens with one attached hydrogen (secondary N) is 1. The Balaban J connectivity index is 1.88. The molecule has 0 aromatic heterocycles. The Labute approximate surface area is 96.7 Å². The molecule has 1 aromatic rings. The van der Waals surface area contributed by atoms with Crippen LogP contribution in [0, 0.1) is 0 Å². The summed E-state index contributed by atoms with van der Waals surface area (Å²) in [5.41, 5.74) is 1.40. The van der Waals surface area contributed by atoms with Crippen LogP contribution in [0.2, 0.25) is 0 Å². The Morgan fingerprint density at radius 2 is 1.87 bits per heavy atom. The molecule has 1 aliphatic rings. The van der Waals surface area contributed by atoms with Crippen LogP contribution in [0.1, 0.15) is 31.4 Å². The molecule has 1 heterocycles. The van der Waals surface area contributed by atoms with E-state index in [1.54, 1.807) is 0 Å². The second kappa shape index (κ2) is 5.57. The van der Waals surface area contributed by atoms with Gasteiger partial charge in [-0.2, -0.15) is 11.8 Å². The molecule has 0 bridgehead atoms. The predicted octanol–water partition coefficient (Wildman–Crippen LogP) is 3.23. The molecule has 1 unspecified atom stereocenters. The standard InChI is InChI=1S/C13H19NS/c1-11(12-5-3-2-4-6-12)14-13-7-9-15-10-8-13/h2-6,11,13-14H,7-10H2,1H3. The minimum Gasteiger partial charge on any atom is -0.307 e. The molecule has 2 heteroatoms. The van der Waals surface area contributed by atoms with E-state index in [2.05, 4.69) is 54.3 Å². The summed E-state index contributed by atoms with van der Waals surface area (Å²) in [6, 6.07) is 11.9. The Bertz CT molecular complexity index is 280. The summed E-state index contributed by atoms with van der Waals surface area (Å²) >= 11 is 2.08. The summed E-state index contributed by atoms with van der Waals surface area (Å²) in [5.74, 6) is 2.64. The molecule has 0 amide bonds. The van der Waals surface area contributed by atoms with Crippen LogP contribution in [0.15, 0.2) is 30.3 Å². The molecule has 82 valence electrons. The summed E-state index contributed by atoms with van der Waals surface area (Å²) in [5, 5.41) is 3.72. The van der Waals surface area contributed by atoms with Crippen molar-refractivity contribution in [1.82, 2.24) is 5.32 Å². The summed E-state index contributed by atoms with van der Waals surface area (Å²) in [7, 11) is 0. The van der Waals surface area contributed by atoms with Gasteiger partial charge in [-0.1, -0.05) is 30.3 Å². The van der Waals surface area contributed by atoms with Crippen molar-refractivity contribution >= 4 is 11.8 Å². The lowest BCUT2D eigenvalue weighted by molar-refractivity contribution is 0.431. The van der Waals surface area contributed by atoms with Crippen LogP contribution in [0.3, 0.4) is 0 Å². The van der Waals surface area contributed by atoms with Gasteiger partial charge >= 0.3 is 0 Å². The molecule has 1 aliphatic heterocycles. The SMILES string of the molecule is CC(NC1CCSCC1)c1ccccc1. The predicted molar refractivity (Wildman–Crippen MR) is 68.3 cm³/mol. The van der Waals surface area contributed by atoms with E-state index in [9.17, 15) is 0 Å². The molecule has 1 nitrogen and oxygen atoms in total. The maximum Gasteiger partial charge on any atom is 0.0294 e. The van der Waals surface area contributed by atoms with Crippen molar-refractivity contribution in [1.29, 1.82) is 0 Å². The van der Waals surface area contributed by atoms with Crippen LogP contribution in [0.4, 0.5) is 0 Å². The summed E-state index contributed by atoms with van der Waals surface area (Å²) in [6.45, 7) is 2.26. The zero-order valence-corrected chi connectivity index (χ0v) is 10.1. The topological polar surface area (TPSA) is 12.0 Å². The lowest BCUT2D eigenvalue weighted by Crippen LogP contribution is -2.34. The first kappa shape index (κ1) is 11.0. The van der Waals surface area contributed by atoms with Crippen LogP contribution in [0.5, 0.6) is 0 Å². The van der Waals surface area contributed by atoms with Crippen LogP contribution < -0.4 is 5.32 Å². The molecule has 1 fully saturated rings. The highest BCUT2D eigenvalue weighted by atomic mass is 32.2. The lowest BCUT2D eigenvalue weighted by Gasteiger charge is -2.26. The monoisotopic (exact) mass is 221 g/mol. The summed E-state index contributed by atoms with van der Waals surface area (Å²) in [6.07, 6.45) is 2.64. The van der Waals surface area contributed by atoms with Gasteiger partial charge < -0.3 is 5.32 Å². The van der Waals surface area contributed by atoms with Crippen molar-refractivity contribution in [3.8, 4) is 0 Å². The van der Waals surface area contributed by atoms with E-state index in [1.807, 2.05) is 0 Å². The first-order valence-electron chi connectivity index (χ1n) is 5.75. The van der Waals surface area contributed by atoms with E-state index in [0.717, 1.165) is 6.04 Å². The van der Waals surface area contributed by atoms with E-state index in [0.29, 0.717) is 6.04 Å². The van der Waals surface area contributed by atoms with Gasteiger partial charge in [0, 0.05) is 12.1 Å². The van der Waals surface area contributed by atoms with Crippen molar-refractivity contribution in [2.24, 2.45) is 0 Å². The largest absolute Gasteiger partial charge is 0.307 e. The van der Waals surface area contributed by atoms with Gasteiger partial charge in [0.25, 0.3) is 0 Å². The number of hydrogen-bond acceptors (Lipinski definition) is 2. The minimum absolute atomic E-state index is 0.485. The van der Waals surface area contributed by atoms with Crippen molar-refractivity contribution in [2.45, 2.75) is 31.8 Å². The maximum atomic E-state index is 3.72. The third-order valence-corrected chi connectivity index (χ3v) is 4.06. The number of thioether (sulfide) groups is 1. The third-order valence-electron chi connectivity index (χ3n) is 3.01. The van der Waals surface area contributed by atoms with Gasteiger partial charge in [0.2, 0.25) is 0 Å². The van der Waals surface area contributed by atoms with Gasteiger partial charge in [-0.05, 0) is 36.8 Å². The summed E-state index contributed by atoms with van der Waals surface area (Å²) in [4.78, 5) is 0. The normalized spacial score (nSPS) is 20.1. The molecule has 0 saturated carbocycles. The first-order valence-corrected chi connectivity index (χ1v) is 6.90. The van der Waals surface area contributed by atoms with E-state index in [-0.39, 0.29) is 0 Å². The molecule has 1 aromatic carbocycles. The number of rotatable bonds is 3. The zero-order chi connectivity index (χ0) is 10.5. The zero-order valence-electron chi connectivity index (χ0n) is 9.28. The van der Waals surface area contributed by atoms with Crippen LogP contribution in [0.25, 0.3) is 0 Å². The average molecular weight is 221 g/mol. The molecule has 1 atom stereocenters. The third kappa shape index (κ3) is 3.25. The highest BCUT2D eigenvalue weighted by Gasteiger charge is 2.15. The van der Waals surface area contributed by atoms with E-state index < -0.39 is 0 Å². The number of hydrogen-bond donors (Lipinski definition) is 1. The fourth-order valence-electron chi connectivity index (χ4n) is 2.06. The minimum atomic E-state index is 0.485. The molecular formula is C13H19NS. The fourth-order valence-corrected chi connectivity index (χ4v) is 3.16. The van der Waals surface area contributed by atoms with E-state index >= 15 is 0 Å². The molecule has 2 rings (SSSR count). The van der Waals surface area contributed by atoms with E-state index in [1.165, 1.54) is 29.9 Å². The molecule has 0 aliphatic carbocycles. The molecule has 1 N–H and O–H groups in total. The lowest BCUT2D eigenvalue weighted by atomic mass is 10.1. The van der Waals surface area contributed by atoms with Crippen LogP contribution in [-0.2, 0) is 0 Å². The van der Waals surface area contributed by atoms with Gasteiger partial charge in [-0.15, -0.1) is 0 Å². The van der Waals surface area contributed by atoms with Gasteiger partial charge in [0.1, 0.15) is 0 Å². The van der Waals surface area contributed by atoms with Gasteiger partial charge in [-0.3, -0.25) is 0 Å². The van der Waals surface area contributed by atoms with Crippen LogP contribution >= 0.6 is 11.8 Å². The Morgan fingerprint density at radius 1 is 1.20 bits per heavy atom. The van der Waals surface area contributed by atoms with Crippen molar-refractivity contribution in [2.75, 3.05) is 11.5 Å². The second-order valence-corrected chi connectivity index (χ2v) is 5.41. The van der Waals surface area contributed by atoms with Crippen molar-refractivity contribution in [3.05, 3.63) is 35.9 Å². The van der Waals surface area contributed by atoms with Crippen molar-refractivity contribution in [3.63, 3.8) is 0 Å². The fraction of sp³-hybridized carbons (Fsp3) is 0.538. The van der Waals surface area contributed by atoms with E-state index in [4.69, 9.17) is 0 Å². The molecule has 15 heavy (non-hydrogen) atoms. The smallest absolute Gasteiger partial charge is 0.0294 e. The van der Waals surface area contributed by atoms with Gasteiger partial charge in [0.15, 0.2) is 0 Å².